The molecule has 0 heterocycles. The molecule has 3 rings (SSSR count). The highest BCUT2D eigenvalue weighted by Crippen LogP contribution is 2.51. The first-order chi connectivity index (χ1) is 11.9. The van der Waals surface area contributed by atoms with E-state index in [9.17, 15) is 4.79 Å². The summed E-state index contributed by atoms with van der Waals surface area (Å²) in [5, 5.41) is 0. The monoisotopic (exact) mass is 342 g/mol. The number of hydrogen-bond acceptors (Lipinski definition) is 3. The Morgan fingerprint density at radius 2 is 1.88 bits per heavy atom. The largest absolute Gasteiger partial charge is 0.497 e. The average molecular weight is 342 g/mol. The van der Waals surface area contributed by atoms with Crippen molar-refractivity contribution in [1.82, 2.24) is 0 Å². The molecule has 0 bridgehead atoms. The Morgan fingerprint density at radius 1 is 1.12 bits per heavy atom. The van der Waals surface area contributed by atoms with E-state index in [4.69, 9.17) is 9.47 Å². The van der Waals surface area contributed by atoms with E-state index in [1.807, 2.05) is 18.2 Å². The maximum Gasteiger partial charge on any atom is 0.147 e. The fourth-order valence-corrected chi connectivity index (χ4v) is 4.64. The second-order valence-corrected chi connectivity index (χ2v) is 8.12. The number of rotatable bonds is 3. The molecule has 0 aromatic heterocycles. The van der Waals surface area contributed by atoms with Crippen molar-refractivity contribution >= 4 is 5.78 Å². The van der Waals surface area contributed by atoms with Gasteiger partial charge in [0, 0.05) is 11.5 Å². The van der Waals surface area contributed by atoms with Gasteiger partial charge < -0.3 is 9.47 Å². The first kappa shape index (κ1) is 18.0. The first-order valence-corrected chi connectivity index (χ1v) is 9.37. The van der Waals surface area contributed by atoms with E-state index in [-0.39, 0.29) is 17.3 Å². The van der Waals surface area contributed by atoms with Crippen molar-refractivity contribution in [3.63, 3.8) is 0 Å². The lowest BCUT2D eigenvalue weighted by atomic mass is 9.68. The number of benzene rings is 1. The second kappa shape index (κ2) is 6.86. The standard InChI is InChI=1S/C22H30O3/c1-14-8-10-18-16(7-6-12-22(18,2)3)20(21(14)23)17-13-15(24-4)9-11-19(17)25-5/h9,11,13-14,20H,6-8,10,12H2,1-5H3/t14-,20+/m0/s1. The van der Waals surface area contributed by atoms with Crippen LogP contribution in [0, 0.1) is 11.3 Å². The van der Waals surface area contributed by atoms with Gasteiger partial charge in [-0.2, -0.15) is 0 Å². The molecular weight excluding hydrogens is 312 g/mol. The van der Waals surface area contributed by atoms with Crippen LogP contribution in [0.25, 0.3) is 0 Å². The molecule has 0 spiro atoms. The predicted molar refractivity (Wildman–Crippen MR) is 100 cm³/mol. The van der Waals surface area contributed by atoms with Gasteiger partial charge in [0.15, 0.2) is 0 Å². The molecule has 0 radical (unpaired) electrons. The van der Waals surface area contributed by atoms with Crippen LogP contribution in [0.4, 0.5) is 0 Å². The zero-order valence-corrected chi connectivity index (χ0v) is 16.1. The van der Waals surface area contributed by atoms with Crippen molar-refractivity contribution < 1.29 is 14.3 Å². The van der Waals surface area contributed by atoms with Gasteiger partial charge in [-0.15, -0.1) is 0 Å². The number of methoxy groups -OCH3 is 2. The summed E-state index contributed by atoms with van der Waals surface area (Å²) >= 11 is 0. The van der Waals surface area contributed by atoms with Crippen LogP contribution in [0.2, 0.25) is 0 Å². The second-order valence-electron chi connectivity index (χ2n) is 8.12. The molecule has 3 nitrogen and oxygen atoms in total. The normalized spacial score (nSPS) is 26.0. The van der Waals surface area contributed by atoms with Crippen LogP contribution >= 0.6 is 0 Å². The summed E-state index contributed by atoms with van der Waals surface area (Å²) < 4.78 is 11.1. The van der Waals surface area contributed by atoms with Gasteiger partial charge >= 0.3 is 0 Å². The molecule has 2 atom stereocenters. The Hall–Kier alpha value is -1.77. The van der Waals surface area contributed by atoms with E-state index < -0.39 is 0 Å². The minimum absolute atomic E-state index is 0.0716. The van der Waals surface area contributed by atoms with Gasteiger partial charge in [-0.3, -0.25) is 4.79 Å². The molecule has 0 fully saturated rings. The molecule has 0 unspecified atom stereocenters. The number of carbonyl (C=O) groups is 1. The number of ketones is 1. The Labute approximate surface area is 151 Å². The summed E-state index contributed by atoms with van der Waals surface area (Å²) in [5.74, 6) is 1.76. The van der Waals surface area contributed by atoms with Crippen molar-refractivity contribution in [2.24, 2.45) is 11.3 Å². The topological polar surface area (TPSA) is 35.5 Å². The summed E-state index contributed by atoms with van der Waals surface area (Å²) in [6.45, 7) is 6.75. The van der Waals surface area contributed by atoms with E-state index in [0.29, 0.717) is 5.78 Å². The molecular formula is C22H30O3. The summed E-state index contributed by atoms with van der Waals surface area (Å²) in [6.07, 6.45) is 5.36. The van der Waals surface area contributed by atoms with Crippen molar-refractivity contribution in [2.75, 3.05) is 14.2 Å². The van der Waals surface area contributed by atoms with Crippen LogP contribution in [0.3, 0.4) is 0 Å². The fraction of sp³-hybridized carbons (Fsp3) is 0.591. The maximum atomic E-state index is 13.3. The molecule has 1 aromatic carbocycles. The first-order valence-electron chi connectivity index (χ1n) is 9.37. The van der Waals surface area contributed by atoms with E-state index in [2.05, 4.69) is 20.8 Å². The average Bonchev–Trinajstić information content (AvgIpc) is 2.72. The van der Waals surface area contributed by atoms with Crippen molar-refractivity contribution in [3.05, 3.63) is 34.9 Å². The zero-order chi connectivity index (χ0) is 18.2. The molecule has 2 aliphatic carbocycles. The Bertz CT molecular complexity index is 699. The smallest absolute Gasteiger partial charge is 0.147 e. The van der Waals surface area contributed by atoms with E-state index in [1.54, 1.807) is 14.2 Å². The van der Waals surface area contributed by atoms with Crippen LogP contribution in [0.5, 0.6) is 11.5 Å². The molecule has 0 amide bonds. The maximum absolute atomic E-state index is 13.3. The molecule has 2 aliphatic rings. The third-order valence-electron chi connectivity index (χ3n) is 6.15. The van der Waals surface area contributed by atoms with E-state index in [0.717, 1.165) is 42.7 Å². The Morgan fingerprint density at radius 3 is 2.56 bits per heavy atom. The summed E-state index contributed by atoms with van der Waals surface area (Å²) in [5.41, 5.74) is 4.00. The highest BCUT2D eigenvalue weighted by molar-refractivity contribution is 5.92. The molecule has 3 heteroatoms. The molecule has 136 valence electrons. The fourth-order valence-electron chi connectivity index (χ4n) is 4.64. The molecule has 0 N–H and O–H groups in total. The van der Waals surface area contributed by atoms with Crippen LogP contribution < -0.4 is 9.47 Å². The van der Waals surface area contributed by atoms with Gasteiger partial charge in [-0.1, -0.05) is 31.9 Å². The van der Waals surface area contributed by atoms with Crippen molar-refractivity contribution in [3.8, 4) is 11.5 Å². The number of allylic oxidation sites excluding steroid dienone is 2. The number of hydrogen-bond donors (Lipinski definition) is 0. The Balaban J connectivity index is 2.21. The lowest BCUT2D eigenvalue weighted by Gasteiger charge is -2.37. The van der Waals surface area contributed by atoms with Crippen molar-refractivity contribution in [2.45, 2.75) is 58.8 Å². The van der Waals surface area contributed by atoms with Crippen LogP contribution in [-0.4, -0.2) is 20.0 Å². The highest BCUT2D eigenvalue weighted by Gasteiger charge is 2.40. The van der Waals surface area contributed by atoms with E-state index in [1.165, 1.54) is 17.6 Å². The lowest BCUT2D eigenvalue weighted by molar-refractivity contribution is -0.123. The number of Topliss-reactive ketones (excluding diaryl/α,β-unsaturated/α-hetero) is 1. The number of carbonyl (C=O) groups excluding carboxylic acids is 1. The van der Waals surface area contributed by atoms with Crippen LogP contribution in [0.1, 0.15) is 64.4 Å². The molecule has 0 saturated carbocycles. The summed E-state index contributed by atoms with van der Waals surface area (Å²) in [4.78, 5) is 13.3. The highest BCUT2D eigenvalue weighted by atomic mass is 16.5. The predicted octanol–water partition coefficient (Wildman–Crippen LogP) is 5.29. The van der Waals surface area contributed by atoms with Gasteiger partial charge in [0.2, 0.25) is 0 Å². The Kier molecular flexibility index (Phi) is 4.95. The SMILES string of the molecule is COc1ccc(OC)c([C@@H]2C(=O)[C@@H](C)CCC3=C2CCCC3(C)C)c1. The van der Waals surface area contributed by atoms with Crippen molar-refractivity contribution in [1.29, 1.82) is 0 Å². The number of ether oxygens (including phenoxy) is 2. The van der Waals surface area contributed by atoms with Gasteiger partial charge in [0.05, 0.1) is 20.1 Å². The third-order valence-corrected chi connectivity index (χ3v) is 6.15. The van der Waals surface area contributed by atoms with Crippen LogP contribution in [0.15, 0.2) is 29.3 Å². The lowest BCUT2D eigenvalue weighted by Crippen LogP contribution is -2.25. The third kappa shape index (κ3) is 3.21. The molecule has 0 saturated heterocycles. The van der Waals surface area contributed by atoms with Gasteiger partial charge in [-0.05, 0) is 55.7 Å². The zero-order valence-electron chi connectivity index (χ0n) is 16.1. The molecule has 1 aromatic rings. The minimum atomic E-state index is -0.197. The molecule has 25 heavy (non-hydrogen) atoms. The van der Waals surface area contributed by atoms with Gasteiger partial charge in [0.1, 0.15) is 17.3 Å². The van der Waals surface area contributed by atoms with Crippen LogP contribution in [-0.2, 0) is 4.79 Å². The molecule has 0 aliphatic heterocycles. The van der Waals surface area contributed by atoms with Gasteiger partial charge in [-0.25, -0.2) is 0 Å². The summed E-state index contributed by atoms with van der Waals surface area (Å²) in [7, 11) is 3.34. The van der Waals surface area contributed by atoms with Gasteiger partial charge in [0.25, 0.3) is 0 Å². The van der Waals surface area contributed by atoms with E-state index >= 15 is 0 Å². The minimum Gasteiger partial charge on any atom is -0.497 e. The quantitative estimate of drug-likeness (QED) is 0.700. The summed E-state index contributed by atoms with van der Waals surface area (Å²) in [6, 6.07) is 5.81.